The van der Waals surface area contributed by atoms with E-state index in [4.69, 9.17) is 10.5 Å². The number of halogens is 2. The largest absolute Gasteiger partial charge is 0.494 e. The number of methoxy groups -OCH3 is 1. The summed E-state index contributed by atoms with van der Waals surface area (Å²) in [7, 11) is 1.48. The zero-order valence-corrected chi connectivity index (χ0v) is 12.0. The van der Waals surface area contributed by atoms with Crippen LogP contribution in [0.2, 0.25) is 0 Å². The van der Waals surface area contributed by atoms with Crippen molar-refractivity contribution in [2.45, 2.75) is 18.4 Å². The van der Waals surface area contributed by atoms with Gasteiger partial charge in [0, 0.05) is 12.0 Å². The molecule has 20 heavy (non-hydrogen) atoms. The van der Waals surface area contributed by atoms with E-state index in [0.717, 1.165) is 23.1 Å². The molecule has 0 amide bonds. The highest BCUT2D eigenvalue weighted by atomic mass is 35.5. The van der Waals surface area contributed by atoms with E-state index in [1.807, 2.05) is 30.3 Å². The summed E-state index contributed by atoms with van der Waals surface area (Å²) in [5.41, 5.74) is 9.44. The molecule has 4 heteroatoms. The average Bonchev–Trinajstić information content (AvgIpc) is 2.74. The molecule has 1 aliphatic carbocycles. The summed E-state index contributed by atoms with van der Waals surface area (Å²) in [6, 6.07) is 13.4. The second-order valence-electron chi connectivity index (χ2n) is 4.94. The number of ether oxygens (including phenoxy) is 1. The Morgan fingerprint density at radius 3 is 2.55 bits per heavy atom. The molecule has 0 bridgehead atoms. The van der Waals surface area contributed by atoms with Gasteiger partial charge in [-0.05, 0) is 35.2 Å². The van der Waals surface area contributed by atoms with Crippen molar-refractivity contribution < 1.29 is 9.13 Å². The highest BCUT2D eigenvalue weighted by Gasteiger charge is 2.32. The predicted molar refractivity (Wildman–Crippen MR) is 80.2 cm³/mol. The summed E-state index contributed by atoms with van der Waals surface area (Å²) in [5.74, 6) is 0.0348. The summed E-state index contributed by atoms with van der Waals surface area (Å²) >= 11 is 0. The Kier molecular flexibility index (Phi) is 4.31. The molecule has 0 fully saturated rings. The van der Waals surface area contributed by atoms with E-state index in [9.17, 15) is 4.39 Å². The van der Waals surface area contributed by atoms with Crippen LogP contribution in [-0.2, 0) is 6.42 Å². The molecule has 1 aliphatic rings. The first-order valence-corrected chi connectivity index (χ1v) is 6.37. The Morgan fingerprint density at radius 2 is 1.90 bits per heavy atom. The Morgan fingerprint density at radius 1 is 1.20 bits per heavy atom. The van der Waals surface area contributed by atoms with Gasteiger partial charge < -0.3 is 10.5 Å². The molecule has 0 aliphatic heterocycles. The van der Waals surface area contributed by atoms with Crippen molar-refractivity contribution in [1.29, 1.82) is 0 Å². The molecule has 2 nitrogen and oxygen atoms in total. The maximum atomic E-state index is 13.9. The maximum Gasteiger partial charge on any atom is 0.165 e. The number of nitrogens with two attached hydrogens (primary N) is 1. The Bertz CT molecular complexity index is 603. The van der Waals surface area contributed by atoms with E-state index in [1.165, 1.54) is 7.11 Å². The number of hydrogen-bond donors (Lipinski definition) is 1. The zero-order chi connectivity index (χ0) is 13.4. The van der Waals surface area contributed by atoms with Crippen LogP contribution in [0.15, 0.2) is 42.5 Å². The molecule has 106 valence electrons. The lowest BCUT2D eigenvalue weighted by Gasteiger charge is -2.17. The normalized spacial score (nSPS) is 20.1. The lowest BCUT2D eigenvalue weighted by atomic mass is 9.90. The monoisotopic (exact) mass is 293 g/mol. The SMILES string of the molecule is COc1cc2c(cc1F)[C@@H](c1ccccc1)[C@H](N)C2.Cl. The molecule has 2 aromatic carbocycles. The van der Waals surface area contributed by atoms with Crippen LogP contribution in [0, 0.1) is 5.82 Å². The van der Waals surface area contributed by atoms with Crippen molar-refractivity contribution in [1.82, 2.24) is 0 Å². The number of fused-ring (bicyclic) bond motifs is 1. The second kappa shape index (κ2) is 5.81. The van der Waals surface area contributed by atoms with Gasteiger partial charge in [0.15, 0.2) is 11.6 Å². The lowest BCUT2D eigenvalue weighted by Crippen LogP contribution is -2.25. The molecule has 3 rings (SSSR count). The van der Waals surface area contributed by atoms with Gasteiger partial charge in [-0.25, -0.2) is 4.39 Å². The highest BCUT2D eigenvalue weighted by Crippen LogP contribution is 2.39. The predicted octanol–water partition coefficient (Wildman–Crippen LogP) is 3.27. The molecule has 0 spiro atoms. The van der Waals surface area contributed by atoms with E-state index in [1.54, 1.807) is 12.1 Å². The van der Waals surface area contributed by atoms with Crippen LogP contribution < -0.4 is 10.5 Å². The first kappa shape index (κ1) is 14.8. The van der Waals surface area contributed by atoms with E-state index in [-0.39, 0.29) is 30.2 Å². The molecule has 2 atom stereocenters. The summed E-state index contributed by atoms with van der Waals surface area (Å²) in [5, 5.41) is 0. The average molecular weight is 294 g/mol. The third-order valence-corrected chi connectivity index (χ3v) is 3.79. The smallest absolute Gasteiger partial charge is 0.165 e. The maximum absolute atomic E-state index is 13.9. The number of rotatable bonds is 2. The van der Waals surface area contributed by atoms with Crippen LogP contribution >= 0.6 is 12.4 Å². The first-order valence-electron chi connectivity index (χ1n) is 6.37. The van der Waals surface area contributed by atoms with Gasteiger partial charge in [-0.1, -0.05) is 30.3 Å². The molecule has 2 aromatic rings. The summed E-state index contributed by atoms with van der Waals surface area (Å²) in [6.45, 7) is 0. The van der Waals surface area contributed by atoms with Gasteiger partial charge in [0.05, 0.1) is 7.11 Å². The zero-order valence-electron chi connectivity index (χ0n) is 11.2. The van der Waals surface area contributed by atoms with Gasteiger partial charge in [0.1, 0.15) is 0 Å². The molecule has 2 N–H and O–H groups in total. The molecule has 0 saturated carbocycles. The summed E-state index contributed by atoms with van der Waals surface area (Å²) in [4.78, 5) is 0. The minimum atomic E-state index is -0.323. The first-order chi connectivity index (χ1) is 9.20. The fourth-order valence-corrected chi connectivity index (χ4v) is 2.92. The number of hydrogen-bond acceptors (Lipinski definition) is 2. The van der Waals surface area contributed by atoms with E-state index in [2.05, 4.69) is 0 Å². The van der Waals surface area contributed by atoms with Crippen molar-refractivity contribution in [3.05, 3.63) is 65.0 Å². The fourth-order valence-electron chi connectivity index (χ4n) is 2.92. The van der Waals surface area contributed by atoms with Crippen LogP contribution in [0.25, 0.3) is 0 Å². The van der Waals surface area contributed by atoms with Crippen LogP contribution in [0.4, 0.5) is 4.39 Å². The highest BCUT2D eigenvalue weighted by molar-refractivity contribution is 5.85. The van der Waals surface area contributed by atoms with Gasteiger partial charge in [-0.3, -0.25) is 0 Å². The Labute approximate surface area is 124 Å². The van der Waals surface area contributed by atoms with Crippen molar-refractivity contribution in [2.75, 3.05) is 7.11 Å². The van der Waals surface area contributed by atoms with Crippen LogP contribution in [0.5, 0.6) is 5.75 Å². The fraction of sp³-hybridized carbons (Fsp3) is 0.250. The number of benzene rings is 2. The van der Waals surface area contributed by atoms with E-state index < -0.39 is 0 Å². The molecule has 0 aromatic heterocycles. The Balaban J connectivity index is 0.00000147. The van der Waals surface area contributed by atoms with Crippen molar-refractivity contribution in [3.8, 4) is 5.75 Å². The van der Waals surface area contributed by atoms with Crippen LogP contribution in [0.1, 0.15) is 22.6 Å². The minimum Gasteiger partial charge on any atom is -0.494 e. The molecule has 0 unspecified atom stereocenters. The van der Waals surface area contributed by atoms with E-state index in [0.29, 0.717) is 5.75 Å². The molecule has 0 radical (unpaired) electrons. The van der Waals surface area contributed by atoms with Gasteiger partial charge in [-0.15, -0.1) is 12.4 Å². The van der Waals surface area contributed by atoms with Gasteiger partial charge >= 0.3 is 0 Å². The van der Waals surface area contributed by atoms with E-state index >= 15 is 0 Å². The minimum absolute atomic E-state index is 0. The second-order valence-corrected chi connectivity index (χ2v) is 4.94. The molecular weight excluding hydrogens is 277 g/mol. The van der Waals surface area contributed by atoms with Crippen molar-refractivity contribution in [3.63, 3.8) is 0 Å². The van der Waals surface area contributed by atoms with Gasteiger partial charge in [-0.2, -0.15) is 0 Å². The molecule has 0 saturated heterocycles. The van der Waals surface area contributed by atoms with Gasteiger partial charge in [0.2, 0.25) is 0 Å². The van der Waals surface area contributed by atoms with Crippen molar-refractivity contribution >= 4 is 12.4 Å². The standard InChI is InChI=1S/C16H16FNO.ClH/c1-19-15-8-11-7-14(18)16(12(11)9-13(15)17)10-5-3-2-4-6-10;/h2-6,8-9,14,16H,7,18H2,1H3;1H/t14-,16-;/m1./s1. The molecule has 0 heterocycles. The topological polar surface area (TPSA) is 35.2 Å². The third-order valence-electron chi connectivity index (χ3n) is 3.79. The summed E-state index contributed by atoms with van der Waals surface area (Å²) in [6.07, 6.45) is 0.755. The molecular formula is C16H17ClFNO. The van der Waals surface area contributed by atoms with Crippen molar-refractivity contribution in [2.24, 2.45) is 5.73 Å². The summed E-state index contributed by atoms with van der Waals surface area (Å²) < 4.78 is 18.9. The Hall–Kier alpha value is -1.58. The lowest BCUT2D eigenvalue weighted by molar-refractivity contribution is 0.386. The third kappa shape index (κ3) is 2.39. The quantitative estimate of drug-likeness (QED) is 0.922. The van der Waals surface area contributed by atoms with Crippen LogP contribution in [-0.4, -0.2) is 13.2 Å². The van der Waals surface area contributed by atoms with Gasteiger partial charge in [0.25, 0.3) is 0 Å². The van der Waals surface area contributed by atoms with Crippen LogP contribution in [0.3, 0.4) is 0 Å².